The molecule has 0 rings (SSSR count). The third-order valence-electron chi connectivity index (χ3n) is 0.877. The van der Waals surface area contributed by atoms with Gasteiger partial charge in [0.2, 0.25) is 0 Å². The van der Waals surface area contributed by atoms with E-state index in [1.165, 1.54) is 0 Å². The molecule has 12 heavy (non-hydrogen) atoms. The van der Waals surface area contributed by atoms with Crippen molar-refractivity contribution < 1.29 is 9.53 Å². The van der Waals surface area contributed by atoms with E-state index in [-0.39, 0.29) is 19.4 Å². The van der Waals surface area contributed by atoms with Crippen molar-refractivity contribution in [2.45, 2.75) is 20.0 Å². The first-order valence-electron chi connectivity index (χ1n) is 3.61. The van der Waals surface area contributed by atoms with Gasteiger partial charge < -0.3 is 10.1 Å². The number of nitrogens with one attached hydrogen (secondary N) is 2. The Bertz CT molecular complexity index is 149. The quantitative estimate of drug-likeness (QED) is 0.360. The predicted octanol–water partition coefficient (Wildman–Crippen LogP) is 0.392. The largest absolute Gasteiger partial charge is 0.447 e. The molecule has 70 valence electrons. The van der Waals surface area contributed by atoms with Crippen LogP contribution in [0.1, 0.15) is 13.8 Å². The van der Waals surface area contributed by atoms with Crippen LogP contribution in [0, 0.1) is 4.91 Å². The zero-order chi connectivity index (χ0) is 9.40. The van der Waals surface area contributed by atoms with Crippen LogP contribution in [-0.4, -0.2) is 25.5 Å². The van der Waals surface area contributed by atoms with Crippen LogP contribution in [-0.2, 0) is 4.74 Å². The summed E-state index contributed by atoms with van der Waals surface area (Å²) in [5.41, 5.74) is 0. The Labute approximate surface area is 70.6 Å². The molecule has 6 heteroatoms. The number of hydrogen-bond donors (Lipinski definition) is 2. The van der Waals surface area contributed by atoms with Gasteiger partial charge in [-0.05, 0) is 13.8 Å². The minimum Gasteiger partial charge on any atom is -0.447 e. The Morgan fingerprint density at radius 1 is 1.58 bits per heavy atom. The highest BCUT2D eigenvalue weighted by molar-refractivity contribution is 5.67. The van der Waals surface area contributed by atoms with Gasteiger partial charge in [-0.25, -0.2) is 4.79 Å². The van der Waals surface area contributed by atoms with E-state index in [1.54, 1.807) is 13.8 Å². The fourth-order valence-corrected chi connectivity index (χ4v) is 0.492. The fraction of sp³-hybridized carbons (Fsp3) is 0.833. The van der Waals surface area contributed by atoms with E-state index < -0.39 is 6.09 Å². The van der Waals surface area contributed by atoms with Gasteiger partial charge in [-0.3, -0.25) is 5.32 Å². The van der Waals surface area contributed by atoms with Gasteiger partial charge in [-0.2, -0.15) is 0 Å². The molecular weight excluding hydrogens is 162 g/mol. The van der Waals surface area contributed by atoms with Crippen molar-refractivity contribution in [2.24, 2.45) is 5.18 Å². The van der Waals surface area contributed by atoms with Gasteiger partial charge in [0.15, 0.2) is 0 Å². The van der Waals surface area contributed by atoms with Crippen LogP contribution >= 0.6 is 0 Å². The third-order valence-corrected chi connectivity index (χ3v) is 0.877. The standard InChI is InChI=1S/C6H13N3O3/c1-5(2)12-6(10)8-3-7-4-9-11/h5,7H,3-4H2,1-2H3,(H,8,10). The normalized spacial score (nSPS) is 9.58. The molecule has 1 amide bonds. The van der Waals surface area contributed by atoms with Gasteiger partial charge in [0.1, 0.15) is 6.67 Å². The molecule has 0 aromatic heterocycles. The van der Waals surface area contributed by atoms with Crippen molar-refractivity contribution >= 4 is 6.09 Å². The van der Waals surface area contributed by atoms with E-state index >= 15 is 0 Å². The van der Waals surface area contributed by atoms with E-state index in [9.17, 15) is 9.70 Å². The van der Waals surface area contributed by atoms with Crippen molar-refractivity contribution in [3.05, 3.63) is 4.91 Å². The van der Waals surface area contributed by atoms with Crippen LogP contribution in [0.3, 0.4) is 0 Å². The van der Waals surface area contributed by atoms with Crippen LogP contribution < -0.4 is 10.6 Å². The number of carbonyl (C=O) groups is 1. The second-order valence-electron chi connectivity index (χ2n) is 2.34. The highest BCUT2D eigenvalue weighted by Gasteiger charge is 2.01. The summed E-state index contributed by atoms with van der Waals surface area (Å²) < 4.78 is 4.73. The number of hydrogen-bond acceptors (Lipinski definition) is 5. The molecule has 0 radical (unpaired) electrons. The lowest BCUT2D eigenvalue weighted by molar-refractivity contribution is 0.115. The average molecular weight is 175 g/mol. The van der Waals surface area contributed by atoms with E-state index in [0.717, 1.165) is 0 Å². The Balaban J connectivity index is 3.25. The molecule has 0 spiro atoms. The molecule has 0 saturated carbocycles. The first kappa shape index (κ1) is 10.8. The molecule has 0 aliphatic heterocycles. The van der Waals surface area contributed by atoms with E-state index in [0.29, 0.717) is 0 Å². The second kappa shape index (κ2) is 6.53. The minimum absolute atomic E-state index is 0.0258. The van der Waals surface area contributed by atoms with Crippen molar-refractivity contribution in [1.82, 2.24) is 10.6 Å². The first-order valence-corrected chi connectivity index (χ1v) is 3.61. The van der Waals surface area contributed by atoms with Crippen LogP contribution in [0.4, 0.5) is 4.79 Å². The molecule has 0 aromatic rings. The average Bonchev–Trinajstić information content (AvgIpc) is 1.97. The van der Waals surface area contributed by atoms with E-state index in [4.69, 9.17) is 4.74 Å². The van der Waals surface area contributed by atoms with Gasteiger partial charge >= 0.3 is 6.09 Å². The molecule has 0 atom stereocenters. The molecular formula is C6H13N3O3. The zero-order valence-corrected chi connectivity index (χ0v) is 7.16. The monoisotopic (exact) mass is 175 g/mol. The number of alkyl carbamates (subject to hydrolysis) is 1. The second-order valence-corrected chi connectivity index (χ2v) is 2.34. The highest BCUT2D eigenvalue weighted by Crippen LogP contribution is 1.86. The predicted molar refractivity (Wildman–Crippen MR) is 43.4 cm³/mol. The molecule has 0 heterocycles. The summed E-state index contributed by atoms with van der Waals surface area (Å²) in [5, 5.41) is 7.47. The molecule has 0 bridgehead atoms. The summed E-state index contributed by atoms with van der Waals surface area (Å²) in [5.74, 6) is 0. The van der Waals surface area contributed by atoms with E-state index in [2.05, 4.69) is 15.8 Å². The van der Waals surface area contributed by atoms with Crippen molar-refractivity contribution in [1.29, 1.82) is 0 Å². The molecule has 6 nitrogen and oxygen atoms in total. The number of nitrogens with zero attached hydrogens (tertiary/aromatic N) is 1. The molecule has 2 N–H and O–H groups in total. The minimum atomic E-state index is -0.511. The number of amides is 1. The van der Waals surface area contributed by atoms with Gasteiger partial charge in [0, 0.05) is 0 Å². The van der Waals surface area contributed by atoms with E-state index in [1.807, 2.05) is 0 Å². The maximum atomic E-state index is 10.7. The third kappa shape index (κ3) is 6.94. The Hall–Kier alpha value is -1.17. The smallest absolute Gasteiger partial charge is 0.408 e. The van der Waals surface area contributed by atoms with Crippen LogP contribution in [0.25, 0.3) is 0 Å². The molecule has 0 fully saturated rings. The summed E-state index contributed by atoms with van der Waals surface area (Å²) in [7, 11) is 0. The lowest BCUT2D eigenvalue weighted by atomic mass is 10.5. The fourth-order valence-electron chi connectivity index (χ4n) is 0.492. The lowest BCUT2D eigenvalue weighted by Crippen LogP contribution is -2.35. The summed E-state index contributed by atoms with van der Waals surface area (Å²) in [4.78, 5) is 20.3. The number of rotatable bonds is 5. The van der Waals surface area contributed by atoms with Crippen LogP contribution in [0.2, 0.25) is 0 Å². The Morgan fingerprint density at radius 2 is 2.25 bits per heavy atom. The Morgan fingerprint density at radius 3 is 2.75 bits per heavy atom. The van der Waals surface area contributed by atoms with Gasteiger partial charge in [0.05, 0.1) is 12.8 Å². The van der Waals surface area contributed by atoms with Crippen molar-refractivity contribution in [3.63, 3.8) is 0 Å². The SMILES string of the molecule is CC(C)OC(=O)NCNCN=O. The lowest BCUT2D eigenvalue weighted by Gasteiger charge is -2.08. The molecule has 0 aliphatic rings. The van der Waals surface area contributed by atoms with Crippen molar-refractivity contribution in [2.75, 3.05) is 13.3 Å². The van der Waals surface area contributed by atoms with Crippen LogP contribution in [0.15, 0.2) is 5.18 Å². The maximum absolute atomic E-state index is 10.7. The summed E-state index contributed by atoms with van der Waals surface area (Å²) in [6, 6.07) is 0. The first-order chi connectivity index (χ1) is 5.66. The summed E-state index contributed by atoms with van der Waals surface area (Å²) >= 11 is 0. The summed E-state index contributed by atoms with van der Waals surface area (Å²) in [6.45, 7) is 3.65. The Kier molecular flexibility index (Phi) is 5.90. The number of carbonyl (C=O) groups excluding carboxylic acids is 1. The molecule has 0 unspecified atom stereocenters. The molecule has 0 aromatic carbocycles. The highest BCUT2D eigenvalue weighted by atomic mass is 16.6. The number of ether oxygens (including phenoxy) is 1. The van der Waals surface area contributed by atoms with Gasteiger partial charge in [-0.15, -0.1) is 4.91 Å². The van der Waals surface area contributed by atoms with Gasteiger partial charge in [0.25, 0.3) is 0 Å². The molecule has 0 saturated heterocycles. The van der Waals surface area contributed by atoms with Crippen LogP contribution in [0.5, 0.6) is 0 Å². The van der Waals surface area contributed by atoms with Crippen molar-refractivity contribution in [3.8, 4) is 0 Å². The molecule has 0 aliphatic carbocycles. The zero-order valence-electron chi connectivity index (χ0n) is 7.16. The topological polar surface area (TPSA) is 79.8 Å². The summed E-state index contributed by atoms with van der Waals surface area (Å²) in [6.07, 6.45) is -0.655. The maximum Gasteiger partial charge on any atom is 0.408 e. The van der Waals surface area contributed by atoms with Gasteiger partial charge in [-0.1, -0.05) is 5.18 Å². The number of nitroso groups, excluding NO2 is 1.